The molecule has 0 heterocycles. The van der Waals surface area contributed by atoms with Crippen LogP contribution in [0.5, 0.6) is 0 Å². The van der Waals surface area contributed by atoms with Crippen LogP contribution in [0.2, 0.25) is 0 Å². The van der Waals surface area contributed by atoms with Gasteiger partial charge in [-0.2, -0.15) is 0 Å². The van der Waals surface area contributed by atoms with E-state index in [0.717, 1.165) is 12.3 Å². The van der Waals surface area contributed by atoms with Crippen molar-refractivity contribution in [2.45, 2.75) is 92.4 Å². The molecule has 1 aliphatic carbocycles. The van der Waals surface area contributed by atoms with E-state index in [9.17, 15) is 0 Å². The predicted molar refractivity (Wildman–Crippen MR) is 91.7 cm³/mol. The zero-order valence-electron chi connectivity index (χ0n) is 14.3. The molecule has 0 aromatic rings. The van der Waals surface area contributed by atoms with Gasteiger partial charge >= 0.3 is 0 Å². The van der Waals surface area contributed by atoms with E-state index in [4.69, 9.17) is 0 Å². The molecule has 0 aliphatic heterocycles. The van der Waals surface area contributed by atoms with Gasteiger partial charge in [-0.15, -0.1) is 0 Å². The van der Waals surface area contributed by atoms with Crippen molar-refractivity contribution in [1.29, 1.82) is 0 Å². The van der Waals surface area contributed by atoms with Crippen LogP contribution in [0.3, 0.4) is 0 Å². The Balaban J connectivity index is 0. The Morgan fingerprint density at radius 3 is 2.00 bits per heavy atom. The SMILES string of the molecule is C/C=C\CC.CC.CCCCC/C=C/C1CCCC1. The molecule has 1 fully saturated rings. The minimum Gasteiger partial charge on any atom is -0.0917 e. The highest BCUT2D eigenvalue weighted by atomic mass is 14.2. The first-order valence-electron chi connectivity index (χ1n) is 8.62. The van der Waals surface area contributed by atoms with Gasteiger partial charge < -0.3 is 0 Å². The van der Waals surface area contributed by atoms with Crippen LogP contribution in [0.15, 0.2) is 24.3 Å². The zero-order valence-corrected chi connectivity index (χ0v) is 14.3. The molecule has 0 atom stereocenters. The van der Waals surface area contributed by atoms with E-state index < -0.39 is 0 Å². The fraction of sp³-hybridized carbons (Fsp3) is 0.789. The van der Waals surface area contributed by atoms with Crippen LogP contribution >= 0.6 is 0 Å². The highest BCUT2D eigenvalue weighted by Gasteiger charge is 2.10. The van der Waals surface area contributed by atoms with Crippen molar-refractivity contribution in [3.05, 3.63) is 24.3 Å². The Kier molecular flexibility index (Phi) is 21.7. The van der Waals surface area contributed by atoms with Crippen molar-refractivity contribution in [3.63, 3.8) is 0 Å². The molecule has 1 saturated carbocycles. The van der Waals surface area contributed by atoms with E-state index in [1.165, 1.54) is 51.4 Å². The van der Waals surface area contributed by atoms with Gasteiger partial charge in [-0.05, 0) is 44.9 Å². The predicted octanol–water partition coefficient (Wildman–Crippen LogP) is 7.31. The second-order valence-electron chi connectivity index (χ2n) is 4.95. The maximum Gasteiger partial charge on any atom is -0.0234 e. The summed E-state index contributed by atoms with van der Waals surface area (Å²) in [6.45, 7) is 10.4. The number of unbranched alkanes of at least 4 members (excludes halogenated alkanes) is 3. The fourth-order valence-electron chi connectivity index (χ4n) is 2.19. The molecule has 0 aromatic carbocycles. The molecular formula is C19H38. The van der Waals surface area contributed by atoms with Gasteiger partial charge in [0.1, 0.15) is 0 Å². The Hall–Kier alpha value is -0.520. The average Bonchev–Trinajstić information content (AvgIpc) is 2.96. The van der Waals surface area contributed by atoms with Crippen LogP contribution in [0.1, 0.15) is 92.4 Å². The lowest BCUT2D eigenvalue weighted by molar-refractivity contribution is 0.675. The van der Waals surface area contributed by atoms with Gasteiger partial charge in [0.15, 0.2) is 0 Å². The van der Waals surface area contributed by atoms with E-state index in [1.807, 2.05) is 20.8 Å². The maximum absolute atomic E-state index is 2.46. The first kappa shape index (κ1) is 20.8. The molecular weight excluding hydrogens is 228 g/mol. The van der Waals surface area contributed by atoms with Gasteiger partial charge in [-0.25, -0.2) is 0 Å². The molecule has 114 valence electrons. The average molecular weight is 267 g/mol. The number of hydrogen-bond acceptors (Lipinski definition) is 0. The molecule has 0 amide bonds. The van der Waals surface area contributed by atoms with Gasteiger partial charge in [0.05, 0.1) is 0 Å². The fourth-order valence-corrected chi connectivity index (χ4v) is 2.19. The van der Waals surface area contributed by atoms with Crippen molar-refractivity contribution in [2.24, 2.45) is 5.92 Å². The van der Waals surface area contributed by atoms with Crippen molar-refractivity contribution in [3.8, 4) is 0 Å². The van der Waals surface area contributed by atoms with Crippen molar-refractivity contribution in [2.75, 3.05) is 0 Å². The summed E-state index contributed by atoms with van der Waals surface area (Å²) in [5, 5.41) is 0. The third-order valence-electron chi connectivity index (χ3n) is 3.25. The summed E-state index contributed by atoms with van der Waals surface area (Å²) in [5.41, 5.74) is 0. The molecule has 1 aliphatic rings. The number of rotatable bonds is 6. The van der Waals surface area contributed by atoms with Gasteiger partial charge in [0.2, 0.25) is 0 Å². The quantitative estimate of drug-likeness (QED) is 0.349. The van der Waals surface area contributed by atoms with Crippen LogP contribution in [0.25, 0.3) is 0 Å². The van der Waals surface area contributed by atoms with Crippen LogP contribution in [0.4, 0.5) is 0 Å². The Labute approximate surface area is 123 Å². The van der Waals surface area contributed by atoms with Crippen molar-refractivity contribution < 1.29 is 0 Å². The molecule has 0 nitrogen and oxygen atoms in total. The van der Waals surface area contributed by atoms with E-state index in [1.54, 1.807) is 0 Å². The highest BCUT2D eigenvalue weighted by Crippen LogP contribution is 2.25. The van der Waals surface area contributed by atoms with E-state index in [-0.39, 0.29) is 0 Å². The number of hydrogen-bond donors (Lipinski definition) is 0. The zero-order chi connectivity index (χ0) is 14.8. The van der Waals surface area contributed by atoms with Gasteiger partial charge in [0.25, 0.3) is 0 Å². The topological polar surface area (TPSA) is 0 Å². The molecule has 0 radical (unpaired) electrons. The molecule has 0 spiro atoms. The molecule has 0 bridgehead atoms. The van der Waals surface area contributed by atoms with Crippen molar-refractivity contribution >= 4 is 0 Å². The maximum atomic E-state index is 2.46. The molecule has 0 N–H and O–H groups in total. The Bertz CT molecular complexity index is 182. The highest BCUT2D eigenvalue weighted by molar-refractivity contribution is 4.90. The second kappa shape index (κ2) is 19.8. The summed E-state index contributed by atoms with van der Waals surface area (Å²) in [7, 11) is 0. The van der Waals surface area contributed by atoms with E-state index in [0.29, 0.717) is 0 Å². The lowest BCUT2D eigenvalue weighted by Crippen LogP contribution is -1.85. The summed E-state index contributed by atoms with van der Waals surface area (Å²) < 4.78 is 0. The third kappa shape index (κ3) is 17.5. The normalized spacial score (nSPS) is 15.2. The lowest BCUT2D eigenvalue weighted by atomic mass is 10.1. The number of allylic oxidation sites excluding steroid dienone is 4. The Morgan fingerprint density at radius 2 is 1.58 bits per heavy atom. The van der Waals surface area contributed by atoms with E-state index >= 15 is 0 Å². The minimum atomic E-state index is 0.937. The van der Waals surface area contributed by atoms with E-state index in [2.05, 4.69) is 38.2 Å². The second-order valence-corrected chi connectivity index (χ2v) is 4.95. The van der Waals surface area contributed by atoms with Crippen LogP contribution in [-0.2, 0) is 0 Å². The largest absolute Gasteiger partial charge is 0.0917 e. The smallest absolute Gasteiger partial charge is 0.0234 e. The third-order valence-corrected chi connectivity index (χ3v) is 3.25. The summed E-state index contributed by atoms with van der Waals surface area (Å²) in [6, 6.07) is 0. The monoisotopic (exact) mass is 266 g/mol. The van der Waals surface area contributed by atoms with Crippen LogP contribution in [-0.4, -0.2) is 0 Å². The summed E-state index contributed by atoms with van der Waals surface area (Å²) in [4.78, 5) is 0. The first-order chi connectivity index (χ1) is 9.35. The van der Waals surface area contributed by atoms with Gasteiger partial charge in [0, 0.05) is 0 Å². The van der Waals surface area contributed by atoms with Crippen LogP contribution in [0, 0.1) is 5.92 Å². The first-order valence-corrected chi connectivity index (χ1v) is 8.62. The van der Waals surface area contributed by atoms with Crippen LogP contribution < -0.4 is 0 Å². The molecule has 0 unspecified atom stereocenters. The lowest BCUT2D eigenvalue weighted by Gasteiger charge is -1.99. The molecule has 19 heavy (non-hydrogen) atoms. The Morgan fingerprint density at radius 1 is 0.947 bits per heavy atom. The summed E-state index contributed by atoms with van der Waals surface area (Å²) in [6.07, 6.45) is 21.5. The molecule has 1 rings (SSSR count). The molecule has 0 heteroatoms. The van der Waals surface area contributed by atoms with Crippen molar-refractivity contribution in [1.82, 2.24) is 0 Å². The minimum absolute atomic E-state index is 0.937. The molecule has 0 aromatic heterocycles. The van der Waals surface area contributed by atoms with Gasteiger partial charge in [-0.1, -0.05) is 77.7 Å². The molecule has 0 saturated heterocycles. The standard InChI is InChI=1S/C12H22.C5H10.C2H6/c1-2-3-4-5-6-9-12-10-7-8-11-12;1-3-5-4-2;1-2/h6,9,12H,2-5,7-8,10-11H2,1H3;3,5H,4H2,1-2H3;1-2H3/b9-6+;5-3-;. The summed E-state index contributed by atoms with van der Waals surface area (Å²) in [5.74, 6) is 0.937. The van der Waals surface area contributed by atoms with Gasteiger partial charge in [-0.3, -0.25) is 0 Å². The summed E-state index contributed by atoms with van der Waals surface area (Å²) >= 11 is 0.